The summed E-state index contributed by atoms with van der Waals surface area (Å²) in [5.74, 6) is 3.11. The highest BCUT2D eigenvalue weighted by Crippen LogP contribution is 2.39. The number of para-hydroxylation sites is 1. The van der Waals surface area contributed by atoms with Crippen molar-refractivity contribution >= 4 is 11.6 Å². The fourth-order valence-corrected chi connectivity index (χ4v) is 4.02. The largest absolute Gasteiger partial charge is 0.457 e. The van der Waals surface area contributed by atoms with Crippen LogP contribution in [0.25, 0.3) is 0 Å². The van der Waals surface area contributed by atoms with Crippen molar-refractivity contribution in [3.05, 3.63) is 75.9 Å². The number of rotatable bonds is 6. The predicted octanol–water partition coefficient (Wildman–Crippen LogP) is 4.40. The highest BCUT2D eigenvalue weighted by Gasteiger charge is 2.32. The molecule has 1 N–H and O–H groups in total. The summed E-state index contributed by atoms with van der Waals surface area (Å²) < 4.78 is 5.88. The second-order valence-electron chi connectivity index (χ2n) is 8.27. The minimum Gasteiger partial charge on any atom is -0.457 e. The van der Waals surface area contributed by atoms with Crippen LogP contribution >= 0.6 is 0 Å². The van der Waals surface area contributed by atoms with Gasteiger partial charge in [-0.05, 0) is 43.9 Å². The van der Waals surface area contributed by atoms with Gasteiger partial charge in [-0.2, -0.15) is 5.10 Å². The minimum absolute atomic E-state index is 0.141. The van der Waals surface area contributed by atoms with Gasteiger partial charge in [0.05, 0.1) is 10.5 Å². The van der Waals surface area contributed by atoms with E-state index in [1.807, 2.05) is 18.2 Å². The summed E-state index contributed by atoms with van der Waals surface area (Å²) in [6.45, 7) is 1.08. The van der Waals surface area contributed by atoms with Gasteiger partial charge in [-0.15, -0.1) is 0 Å². The van der Waals surface area contributed by atoms with Gasteiger partial charge in [0.2, 0.25) is 0 Å². The van der Waals surface area contributed by atoms with E-state index < -0.39 is 4.92 Å². The number of benzene rings is 2. The number of ether oxygens (including phenoxy) is 1. The van der Waals surface area contributed by atoms with Crippen molar-refractivity contribution in [3.8, 4) is 11.5 Å². The third-order valence-corrected chi connectivity index (χ3v) is 6.01. The van der Waals surface area contributed by atoms with Gasteiger partial charge in [-0.25, -0.2) is 4.98 Å². The average molecular weight is 433 g/mol. The van der Waals surface area contributed by atoms with E-state index in [2.05, 4.69) is 15.2 Å². The first-order chi connectivity index (χ1) is 15.6. The average Bonchev–Trinajstić information content (AvgIpc) is 3.56. The molecule has 2 aliphatic rings. The molecular weight excluding hydrogens is 410 g/mol. The molecule has 5 rings (SSSR count). The first kappa shape index (κ1) is 20.2. The number of nitro groups is 1. The Hall–Kier alpha value is -3.75. The molecule has 164 valence electrons. The Labute approximate surface area is 184 Å². The Morgan fingerprint density at radius 2 is 1.81 bits per heavy atom. The van der Waals surface area contributed by atoms with Crippen LogP contribution in [0.5, 0.6) is 11.5 Å². The topological polar surface area (TPSA) is 114 Å². The van der Waals surface area contributed by atoms with E-state index in [1.54, 1.807) is 17.0 Å². The number of carbonyl (C=O) groups excluding carboxylic acids is 1. The maximum Gasteiger partial charge on any atom is 0.270 e. The molecule has 0 atom stereocenters. The molecule has 1 saturated carbocycles. The molecule has 1 aromatic heterocycles. The fraction of sp³-hybridized carbons (Fsp3) is 0.348. The van der Waals surface area contributed by atoms with Gasteiger partial charge in [0.1, 0.15) is 17.3 Å². The molecule has 32 heavy (non-hydrogen) atoms. The normalized spacial score (nSPS) is 16.7. The second kappa shape index (κ2) is 8.41. The minimum atomic E-state index is -0.503. The molecule has 0 bridgehead atoms. The molecule has 1 amide bonds. The number of carbonyl (C=O) groups is 1. The van der Waals surface area contributed by atoms with Gasteiger partial charge < -0.3 is 9.64 Å². The van der Waals surface area contributed by atoms with Gasteiger partial charge in [-0.3, -0.25) is 20.0 Å². The number of aromatic amines is 1. The molecule has 0 unspecified atom stereocenters. The first-order valence-corrected chi connectivity index (χ1v) is 10.8. The maximum atomic E-state index is 13.3. The first-order valence-electron chi connectivity index (χ1n) is 10.8. The Bertz CT molecular complexity index is 1130. The Morgan fingerprint density at radius 3 is 2.50 bits per heavy atom. The number of nitrogens with one attached hydrogen (secondary N) is 1. The molecule has 1 aliphatic carbocycles. The number of H-pyrrole nitrogens is 1. The Morgan fingerprint density at radius 1 is 1.06 bits per heavy atom. The zero-order valence-corrected chi connectivity index (χ0v) is 17.4. The summed E-state index contributed by atoms with van der Waals surface area (Å²) in [6.07, 6.45) is 3.82. The van der Waals surface area contributed by atoms with Gasteiger partial charge >= 0.3 is 0 Å². The number of non-ortho nitro benzene ring substituents is 1. The van der Waals surface area contributed by atoms with E-state index in [1.165, 1.54) is 18.2 Å². The third-order valence-electron chi connectivity index (χ3n) is 6.01. The molecule has 2 aromatic carbocycles. The van der Waals surface area contributed by atoms with Crippen LogP contribution in [0.15, 0.2) is 48.5 Å². The highest BCUT2D eigenvalue weighted by molar-refractivity contribution is 5.97. The van der Waals surface area contributed by atoms with Crippen LogP contribution in [0.3, 0.4) is 0 Å². The maximum absolute atomic E-state index is 13.3. The standard InChI is InChI=1S/C23H23N5O4/c29-23(27-12-10-16(11-13-27)22-24-21(25-26-22)15-6-7-15)19-14-17(28(30)31)8-9-20(19)32-18-4-2-1-3-5-18/h1-5,8-9,14-16H,6-7,10-13H2,(H,24,25,26). The number of amides is 1. The van der Waals surface area contributed by atoms with Crippen LogP contribution < -0.4 is 4.74 Å². The zero-order chi connectivity index (χ0) is 22.1. The summed E-state index contributed by atoms with van der Waals surface area (Å²) >= 11 is 0. The molecule has 3 aromatic rings. The molecular formula is C23H23N5O4. The molecule has 1 aliphatic heterocycles. The summed E-state index contributed by atoms with van der Waals surface area (Å²) in [6, 6.07) is 13.2. The van der Waals surface area contributed by atoms with Crippen molar-refractivity contribution in [1.29, 1.82) is 0 Å². The van der Waals surface area contributed by atoms with Crippen molar-refractivity contribution in [3.63, 3.8) is 0 Å². The smallest absolute Gasteiger partial charge is 0.270 e. The predicted molar refractivity (Wildman–Crippen MR) is 116 cm³/mol. The van der Waals surface area contributed by atoms with Crippen LogP contribution in [0.2, 0.25) is 0 Å². The van der Waals surface area contributed by atoms with Crippen molar-refractivity contribution in [1.82, 2.24) is 20.1 Å². The lowest BCUT2D eigenvalue weighted by Gasteiger charge is -2.31. The summed E-state index contributed by atoms with van der Waals surface area (Å²) in [4.78, 5) is 30.5. The second-order valence-corrected chi connectivity index (χ2v) is 8.27. The van der Waals surface area contributed by atoms with Crippen molar-refractivity contribution in [2.75, 3.05) is 13.1 Å². The molecule has 2 heterocycles. The Kier molecular flexibility index (Phi) is 5.30. The zero-order valence-electron chi connectivity index (χ0n) is 17.4. The van der Waals surface area contributed by atoms with Gasteiger partial charge in [-0.1, -0.05) is 18.2 Å². The van der Waals surface area contributed by atoms with E-state index in [9.17, 15) is 14.9 Å². The monoisotopic (exact) mass is 433 g/mol. The van der Waals surface area contributed by atoms with Gasteiger partial charge in [0.15, 0.2) is 5.82 Å². The number of hydrogen-bond acceptors (Lipinski definition) is 6. The van der Waals surface area contributed by atoms with E-state index in [0.29, 0.717) is 30.5 Å². The van der Waals surface area contributed by atoms with Crippen LogP contribution in [-0.2, 0) is 0 Å². The molecule has 9 heteroatoms. The molecule has 1 saturated heterocycles. The SMILES string of the molecule is O=C(c1cc([N+](=O)[O-])ccc1Oc1ccccc1)N1CCC(c2nc(C3CC3)n[nH]2)CC1. The summed E-state index contributed by atoms with van der Waals surface area (Å²) in [7, 11) is 0. The summed E-state index contributed by atoms with van der Waals surface area (Å²) in [5, 5.41) is 18.7. The van der Waals surface area contributed by atoms with Crippen molar-refractivity contribution in [2.45, 2.75) is 37.5 Å². The molecule has 2 fully saturated rings. The number of nitro benzene ring substituents is 1. The van der Waals surface area contributed by atoms with Crippen LogP contribution in [-0.4, -0.2) is 44.0 Å². The number of aromatic nitrogens is 3. The van der Waals surface area contributed by atoms with E-state index in [0.717, 1.165) is 37.3 Å². The highest BCUT2D eigenvalue weighted by atomic mass is 16.6. The van der Waals surface area contributed by atoms with Crippen LogP contribution in [0.1, 0.15) is 59.5 Å². The third kappa shape index (κ3) is 4.18. The number of nitrogens with zero attached hydrogens (tertiary/aromatic N) is 4. The van der Waals surface area contributed by atoms with E-state index in [4.69, 9.17) is 4.74 Å². The van der Waals surface area contributed by atoms with E-state index >= 15 is 0 Å². The van der Waals surface area contributed by atoms with Gasteiger partial charge in [0, 0.05) is 37.1 Å². The van der Waals surface area contributed by atoms with Crippen LogP contribution in [0, 0.1) is 10.1 Å². The number of piperidine rings is 1. The fourth-order valence-electron chi connectivity index (χ4n) is 4.02. The van der Waals surface area contributed by atoms with Crippen LogP contribution in [0.4, 0.5) is 5.69 Å². The quantitative estimate of drug-likeness (QED) is 0.455. The lowest BCUT2D eigenvalue weighted by molar-refractivity contribution is -0.384. The van der Waals surface area contributed by atoms with E-state index in [-0.39, 0.29) is 23.1 Å². The van der Waals surface area contributed by atoms with Crippen molar-refractivity contribution in [2.24, 2.45) is 0 Å². The van der Waals surface area contributed by atoms with Crippen molar-refractivity contribution < 1.29 is 14.5 Å². The lowest BCUT2D eigenvalue weighted by Crippen LogP contribution is -2.38. The molecule has 0 radical (unpaired) electrons. The Balaban J connectivity index is 1.32. The number of hydrogen-bond donors (Lipinski definition) is 1. The summed E-state index contributed by atoms with van der Waals surface area (Å²) in [5.41, 5.74) is 0.0510. The molecule has 0 spiro atoms. The number of likely N-dealkylation sites (tertiary alicyclic amines) is 1. The van der Waals surface area contributed by atoms with Gasteiger partial charge in [0.25, 0.3) is 11.6 Å². The molecule has 9 nitrogen and oxygen atoms in total. The lowest BCUT2D eigenvalue weighted by atomic mass is 9.95.